The van der Waals surface area contributed by atoms with E-state index < -0.39 is 11.9 Å². The number of hydrogen-bond donors (Lipinski definition) is 2. The third-order valence-corrected chi connectivity index (χ3v) is 9.75. The summed E-state index contributed by atoms with van der Waals surface area (Å²) in [5.41, 5.74) is -0.178. The number of carboxylic acids is 1. The number of esters is 1. The molecule has 2 N–H and O–H groups in total. The minimum absolute atomic E-state index is 0.112. The van der Waals surface area contributed by atoms with E-state index >= 15 is 0 Å². The fourth-order valence-corrected chi connectivity index (χ4v) is 7.28. The molecular formula is C25H42N2O6S2. The standard InChI is InChI=1S/C25H42N2O6S2/c1-25(19-33-24(32)11-10-23(30)31)13-16-27(17-14-25)22(29)9-3-2-6-15-26-21(28)8-5-4-7-20-12-18-34-35-20/h20H,2-19H2,1H3,(H,26,28)(H,30,31)/t20-/m1/s1. The number of amides is 2. The smallest absolute Gasteiger partial charge is 0.306 e. The highest BCUT2D eigenvalue weighted by atomic mass is 33.1. The lowest BCUT2D eigenvalue weighted by molar-refractivity contribution is -0.151. The van der Waals surface area contributed by atoms with Crippen molar-refractivity contribution in [1.82, 2.24) is 10.2 Å². The van der Waals surface area contributed by atoms with Crippen molar-refractivity contribution in [2.24, 2.45) is 5.41 Å². The Kier molecular flexibility index (Phi) is 13.9. The van der Waals surface area contributed by atoms with Crippen LogP contribution in [0.5, 0.6) is 0 Å². The number of unbranched alkanes of at least 4 members (excludes halogenated alkanes) is 3. The van der Waals surface area contributed by atoms with Gasteiger partial charge in [0, 0.05) is 48.9 Å². The molecular weight excluding hydrogens is 488 g/mol. The second-order valence-electron chi connectivity index (χ2n) is 9.98. The first-order chi connectivity index (χ1) is 16.8. The van der Waals surface area contributed by atoms with Gasteiger partial charge < -0.3 is 20.1 Å². The zero-order valence-electron chi connectivity index (χ0n) is 21.1. The summed E-state index contributed by atoms with van der Waals surface area (Å²) in [7, 11) is 3.96. The number of piperidine rings is 1. The first-order valence-electron chi connectivity index (χ1n) is 13.0. The van der Waals surface area contributed by atoms with E-state index in [0.29, 0.717) is 32.5 Å². The van der Waals surface area contributed by atoms with Crippen LogP contribution in [-0.4, -0.2) is 71.0 Å². The second-order valence-corrected chi connectivity index (χ2v) is 12.8. The summed E-state index contributed by atoms with van der Waals surface area (Å²) in [6, 6.07) is 0. The van der Waals surface area contributed by atoms with Crippen molar-refractivity contribution in [3.8, 4) is 0 Å². The summed E-state index contributed by atoms with van der Waals surface area (Å²) < 4.78 is 5.26. The van der Waals surface area contributed by atoms with Gasteiger partial charge in [-0.3, -0.25) is 19.2 Å². The molecule has 0 aromatic rings. The monoisotopic (exact) mass is 530 g/mol. The Morgan fingerprint density at radius 2 is 1.74 bits per heavy atom. The quantitative estimate of drug-likeness (QED) is 0.171. The van der Waals surface area contributed by atoms with Gasteiger partial charge in [0.2, 0.25) is 11.8 Å². The molecule has 0 spiro atoms. The zero-order chi connectivity index (χ0) is 25.5. The average Bonchev–Trinajstić information content (AvgIpc) is 3.35. The van der Waals surface area contributed by atoms with Crippen LogP contribution in [0.4, 0.5) is 0 Å². The van der Waals surface area contributed by atoms with Crippen LogP contribution in [0.3, 0.4) is 0 Å². The second kappa shape index (κ2) is 16.3. The zero-order valence-corrected chi connectivity index (χ0v) is 22.7. The number of carbonyl (C=O) groups excluding carboxylic acids is 3. The van der Waals surface area contributed by atoms with Gasteiger partial charge in [0.1, 0.15) is 0 Å². The molecule has 0 radical (unpaired) electrons. The van der Waals surface area contributed by atoms with Gasteiger partial charge in [-0.1, -0.05) is 41.4 Å². The average molecular weight is 531 g/mol. The van der Waals surface area contributed by atoms with Crippen LogP contribution in [0.15, 0.2) is 0 Å². The number of carbonyl (C=O) groups is 4. The Balaban J connectivity index is 1.45. The molecule has 2 aliphatic rings. The molecule has 10 heteroatoms. The maximum Gasteiger partial charge on any atom is 0.306 e. The third kappa shape index (κ3) is 12.9. The fraction of sp³-hybridized carbons (Fsp3) is 0.840. The van der Waals surface area contributed by atoms with E-state index in [4.69, 9.17) is 9.84 Å². The molecule has 8 nitrogen and oxygen atoms in total. The van der Waals surface area contributed by atoms with Crippen molar-refractivity contribution < 1.29 is 29.0 Å². The Hall–Kier alpha value is -1.42. The molecule has 2 amide bonds. The number of rotatable bonds is 16. The molecule has 0 aromatic carbocycles. The first kappa shape index (κ1) is 29.8. The molecule has 0 aromatic heterocycles. The number of hydrogen-bond acceptors (Lipinski definition) is 7. The lowest BCUT2D eigenvalue weighted by Gasteiger charge is -2.39. The molecule has 0 aliphatic carbocycles. The largest absolute Gasteiger partial charge is 0.481 e. The topological polar surface area (TPSA) is 113 Å². The number of carboxylic acid groups (broad SMARTS) is 1. The van der Waals surface area contributed by atoms with Crippen LogP contribution < -0.4 is 5.32 Å². The molecule has 2 saturated heterocycles. The van der Waals surface area contributed by atoms with Crippen LogP contribution in [-0.2, 0) is 23.9 Å². The van der Waals surface area contributed by atoms with Crippen molar-refractivity contribution in [1.29, 1.82) is 0 Å². The van der Waals surface area contributed by atoms with Gasteiger partial charge >= 0.3 is 11.9 Å². The predicted molar refractivity (Wildman–Crippen MR) is 140 cm³/mol. The number of nitrogens with one attached hydrogen (secondary N) is 1. The van der Waals surface area contributed by atoms with Gasteiger partial charge in [-0.25, -0.2) is 0 Å². The van der Waals surface area contributed by atoms with E-state index in [-0.39, 0.29) is 36.7 Å². The lowest BCUT2D eigenvalue weighted by atomic mass is 9.81. The summed E-state index contributed by atoms with van der Waals surface area (Å²) in [5, 5.41) is 12.4. The van der Waals surface area contributed by atoms with E-state index in [9.17, 15) is 19.2 Å². The summed E-state index contributed by atoms with van der Waals surface area (Å²) in [6.45, 7) is 4.28. The molecule has 1 atom stereocenters. The fourth-order valence-electron chi connectivity index (χ4n) is 4.25. The maximum atomic E-state index is 12.5. The Labute approximate surface area is 217 Å². The number of likely N-dealkylation sites (tertiary alicyclic amines) is 1. The molecule has 0 bridgehead atoms. The van der Waals surface area contributed by atoms with E-state index in [1.807, 2.05) is 33.4 Å². The van der Waals surface area contributed by atoms with Crippen molar-refractivity contribution in [2.75, 3.05) is 32.0 Å². The highest BCUT2D eigenvalue weighted by Crippen LogP contribution is 2.39. The molecule has 2 aliphatic heterocycles. The molecule has 0 unspecified atom stereocenters. The van der Waals surface area contributed by atoms with Gasteiger partial charge in [-0.15, -0.1) is 0 Å². The maximum absolute atomic E-state index is 12.5. The molecule has 2 rings (SSSR count). The van der Waals surface area contributed by atoms with Gasteiger partial charge in [0.05, 0.1) is 19.4 Å². The number of nitrogens with zero attached hydrogens (tertiary/aromatic N) is 1. The van der Waals surface area contributed by atoms with Crippen LogP contribution >= 0.6 is 21.6 Å². The lowest BCUT2D eigenvalue weighted by Crippen LogP contribution is -2.44. The van der Waals surface area contributed by atoms with E-state index in [0.717, 1.165) is 50.2 Å². The van der Waals surface area contributed by atoms with Crippen molar-refractivity contribution >= 4 is 45.3 Å². The first-order valence-corrected chi connectivity index (χ1v) is 15.4. The van der Waals surface area contributed by atoms with Gasteiger partial charge in [-0.05, 0) is 44.9 Å². The van der Waals surface area contributed by atoms with Crippen molar-refractivity contribution in [3.05, 3.63) is 0 Å². The molecule has 2 heterocycles. The van der Waals surface area contributed by atoms with Crippen LogP contribution in [0.2, 0.25) is 0 Å². The summed E-state index contributed by atoms with van der Waals surface area (Å²) in [4.78, 5) is 48.6. The Morgan fingerprint density at radius 1 is 1.00 bits per heavy atom. The van der Waals surface area contributed by atoms with E-state index in [2.05, 4.69) is 5.32 Å². The minimum atomic E-state index is -1.01. The SMILES string of the molecule is CC1(COC(=O)CCC(=O)O)CCN(C(=O)CCCCCNC(=O)CCCC[C@@H]2CCSS2)CC1. The summed E-state index contributed by atoms with van der Waals surface area (Å²) in [5.74, 6) is 0.0625. The normalized spacial score (nSPS) is 19.3. The van der Waals surface area contributed by atoms with Crippen molar-refractivity contribution in [3.63, 3.8) is 0 Å². The Bertz CT molecular complexity index is 691. The van der Waals surface area contributed by atoms with Crippen LogP contribution in [0, 0.1) is 5.41 Å². The van der Waals surface area contributed by atoms with E-state index in [1.165, 1.54) is 18.6 Å². The Morgan fingerprint density at radius 3 is 2.43 bits per heavy atom. The summed E-state index contributed by atoms with van der Waals surface area (Å²) >= 11 is 0. The molecule has 0 saturated carbocycles. The number of ether oxygens (including phenoxy) is 1. The van der Waals surface area contributed by atoms with Gasteiger partial charge in [0.25, 0.3) is 0 Å². The van der Waals surface area contributed by atoms with Crippen molar-refractivity contribution in [2.45, 2.75) is 95.6 Å². The highest BCUT2D eigenvalue weighted by molar-refractivity contribution is 8.77. The van der Waals surface area contributed by atoms with Gasteiger partial charge in [0.15, 0.2) is 0 Å². The summed E-state index contributed by atoms with van der Waals surface area (Å²) in [6.07, 6.45) is 9.55. The number of aliphatic carboxylic acids is 1. The third-order valence-electron chi connectivity index (χ3n) is 6.74. The molecule has 200 valence electrons. The van der Waals surface area contributed by atoms with E-state index in [1.54, 1.807) is 0 Å². The van der Waals surface area contributed by atoms with Crippen LogP contribution in [0.25, 0.3) is 0 Å². The van der Waals surface area contributed by atoms with Crippen LogP contribution in [0.1, 0.15) is 90.4 Å². The molecule has 35 heavy (non-hydrogen) atoms. The minimum Gasteiger partial charge on any atom is -0.481 e. The molecule has 2 fully saturated rings. The highest BCUT2D eigenvalue weighted by Gasteiger charge is 2.33. The predicted octanol–water partition coefficient (Wildman–Crippen LogP) is 4.41. The van der Waals surface area contributed by atoms with Gasteiger partial charge in [-0.2, -0.15) is 0 Å².